The third-order valence-corrected chi connectivity index (χ3v) is 4.91. The fourth-order valence-corrected chi connectivity index (χ4v) is 3.60. The van der Waals surface area contributed by atoms with Crippen LogP contribution in [0.1, 0.15) is 23.2 Å². The SMILES string of the molecule is O=C(C1=C(C(F)(F)F)C=CCC1)c1c[nH]c(-c2nc3c(F)cc(Br)cc3[nH]2)c1. The van der Waals surface area contributed by atoms with Crippen LogP contribution in [-0.2, 0) is 0 Å². The highest BCUT2D eigenvalue weighted by Crippen LogP contribution is 2.35. The van der Waals surface area contributed by atoms with Gasteiger partial charge in [0.2, 0.25) is 0 Å². The van der Waals surface area contributed by atoms with Crippen LogP contribution >= 0.6 is 15.9 Å². The topological polar surface area (TPSA) is 61.5 Å². The summed E-state index contributed by atoms with van der Waals surface area (Å²) in [6.07, 6.45) is -0.515. The number of halogens is 5. The number of benzene rings is 1. The summed E-state index contributed by atoms with van der Waals surface area (Å²) in [5, 5.41) is 0. The molecule has 28 heavy (non-hydrogen) atoms. The number of imidazole rings is 1. The Bertz CT molecular complexity index is 1150. The van der Waals surface area contributed by atoms with Crippen LogP contribution in [0.25, 0.3) is 22.6 Å². The molecular formula is C19H12BrF4N3O. The van der Waals surface area contributed by atoms with Crippen molar-refractivity contribution in [2.75, 3.05) is 0 Å². The van der Waals surface area contributed by atoms with E-state index in [2.05, 4.69) is 30.9 Å². The lowest BCUT2D eigenvalue weighted by Gasteiger charge is -2.17. The maximum atomic E-state index is 14.0. The van der Waals surface area contributed by atoms with Crippen molar-refractivity contribution in [1.82, 2.24) is 15.0 Å². The summed E-state index contributed by atoms with van der Waals surface area (Å²) in [5.74, 6) is -0.937. The third kappa shape index (κ3) is 3.30. The summed E-state index contributed by atoms with van der Waals surface area (Å²) < 4.78 is 54.2. The lowest BCUT2D eigenvalue weighted by atomic mass is 9.91. The van der Waals surface area contributed by atoms with Crippen LogP contribution in [0.5, 0.6) is 0 Å². The largest absolute Gasteiger partial charge is 0.416 e. The van der Waals surface area contributed by atoms with E-state index in [0.717, 1.165) is 6.08 Å². The van der Waals surface area contributed by atoms with Crippen molar-refractivity contribution in [1.29, 1.82) is 0 Å². The van der Waals surface area contributed by atoms with Gasteiger partial charge in [-0.15, -0.1) is 0 Å². The van der Waals surface area contributed by atoms with Crippen molar-refractivity contribution in [2.24, 2.45) is 0 Å². The molecule has 0 atom stereocenters. The summed E-state index contributed by atoms with van der Waals surface area (Å²) in [5.41, 5.74) is -0.147. The van der Waals surface area contributed by atoms with Gasteiger partial charge in [0.25, 0.3) is 0 Å². The molecule has 144 valence electrons. The van der Waals surface area contributed by atoms with Gasteiger partial charge >= 0.3 is 6.18 Å². The van der Waals surface area contributed by atoms with Crippen molar-refractivity contribution < 1.29 is 22.4 Å². The van der Waals surface area contributed by atoms with E-state index in [1.165, 1.54) is 24.4 Å². The molecule has 4 rings (SSSR count). The van der Waals surface area contributed by atoms with E-state index in [0.29, 0.717) is 22.1 Å². The molecule has 0 unspecified atom stereocenters. The third-order valence-electron chi connectivity index (χ3n) is 4.46. The van der Waals surface area contributed by atoms with Crippen LogP contribution in [0.2, 0.25) is 0 Å². The van der Waals surface area contributed by atoms with E-state index in [4.69, 9.17) is 0 Å². The Morgan fingerprint density at radius 2 is 2.00 bits per heavy atom. The number of ketones is 1. The molecule has 0 bridgehead atoms. The number of aromatic amines is 2. The van der Waals surface area contributed by atoms with Gasteiger partial charge in [0.1, 0.15) is 5.52 Å². The number of rotatable bonds is 3. The zero-order valence-corrected chi connectivity index (χ0v) is 15.7. The molecule has 9 heteroatoms. The van der Waals surface area contributed by atoms with Crippen molar-refractivity contribution in [2.45, 2.75) is 19.0 Å². The highest BCUT2D eigenvalue weighted by Gasteiger charge is 2.37. The number of Topliss-reactive ketones (excluding diaryl/α,β-unsaturated/α-hetero) is 1. The van der Waals surface area contributed by atoms with Gasteiger partial charge in [-0.25, -0.2) is 9.37 Å². The monoisotopic (exact) mass is 453 g/mol. The fourth-order valence-electron chi connectivity index (χ4n) is 3.17. The van der Waals surface area contributed by atoms with Gasteiger partial charge in [0.05, 0.1) is 16.8 Å². The quantitative estimate of drug-likeness (QED) is 0.385. The van der Waals surface area contributed by atoms with Gasteiger partial charge in [-0.1, -0.05) is 28.1 Å². The van der Waals surface area contributed by atoms with Gasteiger partial charge in [-0.3, -0.25) is 4.79 Å². The number of carbonyl (C=O) groups excluding carboxylic acids is 1. The average molecular weight is 454 g/mol. The predicted molar refractivity (Wildman–Crippen MR) is 99.3 cm³/mol. The second kappa shape index (κ2) is 6.73. The van der Waals surface area contributed by atoms with Gasteiger partial charge in [0.15, 0.2) is 17.4 Å². The summed E-state index contributed by atoms with van der Waals surface area (Å²) in [4.78, 5) is 22.6. The Hall–Kier alpha value is -2.68. The maximum absolute atomic E-state index is 14.0. The molecule has 0 fully saturated rings. The number of carbonyl (C=O) groups is 1. The number of hydrogen-bond donors (Lipinski definition) is 2. The first-order valence-corrected chi connectivity index (χ1v) is 9.08. The minimum atomic E-state index is -4.59. The van der Waals surface area contributed by atoms with E-state index >= 15 is 0 Å². The van der Waals surface area contributed by atoms with Gasteiger partial charge in [-0.05, 0) is 31.0 Å². The number of fused-ring (bicyclic) bond motifs is 1. The Morgan fingerprint density at radius 1 is 1.21 bits per heavy atom. The van der Waals surface area contributed by atoms with Crippen LogP contribution in [-0.4, -0.2) is 26.9 Å². The molecule has 0 saturated carbocycles. The van der Waals surface area contributed by atoms with Crippen LogP contribution in [0.15, 0.2) is 52.2 Å². The van der Waals surface area contributed by atoms with Gasteiger partial charge in [0, 0.05) is 21.8 Å². The number of aromatic nitrogens is 3. The van der Waals surface area contributed by atoms with E-state index in [9.17, 15) is 22.4 Å². The zero-order valence-electron chi connectivity index (χ0n) is 14.1. The molecule has 0 radical (unpaired) electrons. The van der Waals surface area contributed by atoms with Crippen LogP contribution < -0.4 is 0 Å². The number of hydrogen-bond acceptors (Lipinski definition) is 2. The molecular weight excluding hydrogens is 442 g/mol. The fraction of sp³-hybridized carbons (Fsp3) is 0.158. The molecule has 2 N–H and O–H groups in total. The molecule has 4 nitrogen and oxygen atoms in total. The molecule has 2 heterocycles. The maximum Gasteiger partial charge on any atom is 0.416 e. The first-order valence-electron chi connectivity index (χ1n) is 8.29. The number of nitrogens with one attached hydrogen (secondary N) is 2. The number of alkyl halides is 3. The summed E-state index contributed by atoms with van der Waals surface area (Å²) in [6.45, 7) is 0. The molecule has 3 aromatic rings. The molecule has 1 aliphatic rings. The van der Waals surface area contributed by atoms with Gasteiger partial charge < -0.3 is 9.97 Å². The smallest absolute Gasteiger partial charge is 0.358 e. The summed E-state index contributed by atoms with van der Waals surface area (Å²) in [6, 6.07) is 4.34. The van der Waals surface area contributed by atoms with Crippen LogP contribution in [0.4, 0.5) is 17.6 Å². The van der Waals surface area contributed by atoms with Crippen molar-refractivity contribution in [3.8, 4) is 11.5 Å². The second-order valence-corrected chi connectivity index (χ2v) is 7.25. The number of H-pyrrole nitrogens is 2. The summed E-state index contributed by atoms with van der Waals surface area (Å²) in [7, 11) is 0. The number of nitrogens with zero attached hydrogens (tertiary/aromatic N) is 1. The zero-order chi connectivity index (χ0) is 20.1. The highest BCUT2D eigenvalue weighted by molar-refractivity contribution is 9.10. The Balaban J connectivity index is 1.72. The van der Waals surface area contributed by atoms with Gasteiger partial charge in [-0.2, -0.15) is 13.2 Å². The minimum Gasteiger partial charge on any atom is -0.358 e. The van der Waals surface area contributed by atoms with Crippen molar-refractivity contribution >= 4 is 32.7 Å². The van der Waals surface area contributed by atoms with E-state index in [1.807, 2.05) is 0 Å². The Labute approximate surface area is 164 Å². The molecule has 2 aromatic heterocycles. The molecule has 0 spiro atoms. The van der Waals surface area contributed by atoms with Crippen molar-refractivity contribution in [3.05, 3.63) is 63.5 Å². The minimum absolute atomic E-state index is 0.0224. The molecule has 0 amide bonds. The van der Waals surface area contributed by atoms with E-state index < -0.39 is 23.3 Å². The van der Waals surface area contributed by atoms with Crippen LogP contribution in [0.3, 0.4) is 0 Å². The van der Waals surface area contributed by atoms with E-state index in [-0.39, 0.29) is 28.9 Å². The normalized spacial score (nSPS) is 14.9. The van der Waals surface area contributed by atoms with Crippen LogP contribution in [0, 0.1) is 5.82 Å². The molecule has 1 aromatic carbocycles. The second-order valence-electron chi connectivity index (χ2n) is 6.33. The molecule has 0 saturated heterocycles. The standard InChI is InChI=1S/C19H12BrF4N3O/c20-10-6-13(21)16-14(7-10)26-18(27-16)15-5-9(8-25-15)17(28)11-3-1-2-4-12(11)19(22,23)24/h2,4-8,25H,1,3H2,(H,26,27). The molecule has 1 aliphatic carbocycles. The summed E-state index contributed by atoms with van der Waals surface area (Å²) >= 11 is 3.19. The predicted octanol–water partition coefficient (Wildman–Crippen LogP) is 5.85. The highest BCUT2D eigenvalue weighted by atomic mass is 79.9. The lowest BCUT2D eigenvalue weighted by Crippen LogP contribution is -2.18. The number of allylic oxidation sites excluding steroid dienone is 4. The molecule has 0 aliphatic heterocycles. The Kier molecular flexibility index (Phi) is 4.49. The lowest BCUT2D eigenvalue weighted by molar-refractivity contribution is -0.0892. The first-order chi connectivity index (χ1) is 13.2. The Morgan fingerprint density at radius 3 is 2.75 bits per heavy atom. The van der Waals surface area contributed by atoms with Crippen molar-refractivity contribution in [3.63, 3.8) is 0 Å². The average Bonchev–Trinajstić information content (AvgIpc) is 3.27. The first kappa shape index (κ1) is 18.7. The van der Waals surface area contributed by atoms with E-state index in [1.54, 1.807) is 6.07 Å².